The van der Waals surface area contributed by atoms with E-state index in [1.54, 1.807) is 0 Å². The second-order valence-electron chi connectivity index (χ2n) is 5.36. The summed E-state index contributed by atoms with van der Waals surface area (Å²) >= 11 is 0. The number of rotatable bonds is 4. The van der Waals surface area contributed by atoms with E-state index in [2.05, 4.69) is 97.9 Å². The third-order valence-electron chi connectivity index (χ3n) is 4.33. The van der Waals surface area contributed by atoms with Gasteiger partial charge >= 0.3 is 127 Å². The number of hydrogen-bond acceptors (Lipinski definition) is 0. The molecule has 0 fully saturated rings. The molecule has 0 aliphatic carbocycles. The van der Waals surface area contributed by atoms with Crippen LogP contribution in [0.5, 0.6) is 0 Å². The van der Waals surface area contributed by atoms with Crippen LogP contribution in [0.1, 0.15) is 6.92 Å². The van der Waals surface area contributed by atoms with Crippen LogP contribution in [-0.4, -0.2) is 6.16 Å². The fraction of sp³-hybridized carbons (Fsp3) is 0.100. The Kier molecular flexibility index (Phi) is 5.94. The number of hydrogen-bond donors (Lipinski definition) is 0. The molecule has 0 aliphatic heterocycles. The first-order chi connectivity index (χ1) is 10.4. The van der Waals surface area contributed by atoms with Crippen LogP contribution in [0.25, 0.3) is 0 Å². The van der Waals surface area contributed by atoms with E-state index in [0.717, 1.165) is 0 Å². The molecule has 3 rings (SSSR count). The maximum absolute atomic E-state index is 2.33. The Morgan fingerprint density at radius 2 is 0.818 bits per heavy atom. The monoisotopic (exact) mass is 372 g/mol. The first-order valence-electron chi connectivity index (χ1n) is 7.54. The van der Waals surface area contributed by atoms with Crippen molar-refractivity contribution in [3.05, 3.63) is 91.0 Å². The molecule has 0 saturated heterocycles. The molecule has 3 aromatic carbocycles. The summed E-state index contributed by atoms with van der Waals surface area (Å²) < 4.78 is 0. The molecule has 0 atom stereocenters. The molecule has 0 N–H and O–H groups in total. The van der Waals surface area contributed by atoms with Crippen LogP contribution in [0.2, 0.25) is 0 Å². The van der Waals surface area contributed by atoms with Crippen LogP contribution in [-0.2, 0) is 0 Å². The fourth-order valence-electron chi connectivity index (χ4n) is 3.28. The predicted molar refractivity (Wildman–Crippen MR) is 107 cm³/mol. The zero-order valence-corrected chi connectivity index (χ0v) is 15.5. The van der Waals surface area contributed by atoms with Crippen LogP contribution in [0.4, 0.5) is 0 Å². The van der Waals surface area contributed by atoms with Gasteiger partial charge in [-0.3, -0.25) is 0 Å². The molecular weight excluding hydrogens is 351 g/mol. The third-order valence-corrected chi connectivity index (χ3v) is 9.35. The molecule has 0 bridgehead atoms. The second kappa shape index (κ2) is 7.72. The van der Waals surface area contributed by atoms with Gasteiger partial charge in [0.1, 0.15) is 0 Å². The molecule has 0 amide bonds. The van der Waals surface area contributed by atoms with Gasteiger partial charge in [-0.2, -0.15) is 0 Å². The van der Waals surface area contributed by atoms with E-state index >= 15 is 0 Å². The molecule has 3 aromatic rings. The van der Waals surface area contributed by atoms with Crippen LogP contribution in [0, 0.1) is 0 Å². The summed E-state index contributed by atoms with van der Waals surface area (Å²) in [7, 11) is -1.90. The van der Waals surface area contributed by atoms with Crippen molar-refractivity contribution in [1.82, 2.24) is 0 Å². The van der Waals surface area contributed by atoms with Crippen LogP contribution in [0.15, 0.2) is 91.0 Å². The molecule has 0 nitrogen and oxygen atoms in total. The summed E-state index contributed by atoms with van der Waals surface area (Å²) in [6.07, 6.45) is 1.17. The van der Waals surface area contributed by atoms with E-state index in [4.69, 9.17) is 0 Å². The van der Waals surface area contributed by atoms with Crippen LogP contribution < -0.4 is 15.9 Å². The second-order valence-corrected chi connectivity index (χ2v) is 9.61. The molecule has 0 saturated carbocycles. The Bertz CT molecular complexity index is 584. The quantitative estimate of drug-likeness (QED) is 0.598. The number of halogens is 1. The molecule has 22 heavy (non-hydrogen) atoms. The van der Waals surface area contributed by atoms with Gasteiger partial charge in [0.05, 0.1) is 0 Å². The zero-order chi connectivity index (χ0) is 14.5. The van der Waals surface area contributed by atoms with Gasteiger partial charge in [-0.05, 0) is 0 Å². The van der Waals surface area contributed by atoms with Crippen molar-refractivity contribution < 1.29 is 0 Å². The molecular formula is C20H22BrP. The Hall–Kier alpha value is -1.43. The summed E-state index contributed by atoms with van der Waals surface area (Å²) in [5, 5.41) is 4.47. The van der Waals surface area contributed by atoms with Crippen LogP contribution in [0.3, 0.4) is 0 Å². The SMILES string of the molecule is Br.CC[PH](c1ccccc1)(c1ccccc1)c1ccccc1. The topological polar surface area (TPSA) is 0 Å². The van der Waals surface area contributed by atoms with Gasteiger partial charge in [0.15, 0.2) is 0 Å². The standard InChI is InChI=1S/C20H21P.BrH/c1-2-21(18-12-6-3-7-13-18,19-14-8-4-9-15-19)20-16-10-5-11-17-20;/h3-17,21H,2H2,1H3;1H. The van der Waals surface area contributed by atoms with Crippen molar-refractivity contribution in [2.24, 2.45) is 0 Å². The van der Waals surface area contributed by atoms with Crippen molar-refractivity contribution in [2.45, 2.75) is 6.92 Å². The van der Waals surface area contributed by atoms with E-state index in [9.17, 15) is 0 Å². The Labute approximate surface area is 144 Å². The molecule has 0 unspecified atom stereocenters. The van der Waals surface area contributed by atoms with E-state index in [1.165, 1.54) is 22.1 Å². The van der Waals surface area contributed by atoms with E-state index < -0.39 is 7.26 Å². The van der Waals surface area contributed by atoms with Gasteiger partial charge in [0, 0.05) is 0 Å². The van der Waals surface area contributed by atoms with Crippen molar-refractivity contribution in [3.8, 4) is 0 Å². The first kappa shape index (κ1) is 16.9. The van der Waals surface area contributed by atoms with E-state index in [0.29, 0.717) is 0 Å². The fourth-order valence-corrected chi connectivity index (χ4v) is 7.79. The van der Waals surface area contributed by atoms with Crippen molar-refractivity contribution >= 4 is 40.2 Å². The van der Waals surface area contributed by atoms with Crippen molar-refractivity contribution in [2.75, 3.05) is 6.16 Å². The summed E-state index contributed by atoms with van der Waals surface area (Å²) in [5.41, 5.74) is 0. The summed E-state index contributed by atoms with van der Waals surface area (Å²) in [5.74, 6) is 0. The van der Waals surface area contributed by atoms with Gasteiger partial charge in [-0.15, -0.1) is 17.0 Å². The first-order valence-corrected chi connectivity index (χ1v) is 9.75. The maximum atomic E-state index is 2.33. The number of benzene rings is 3. The Balaban J connectivity index is 0.00000176. The Morgan fingerprint density at radius 3 is 1.05 bits per heavy atom. The minimum absolute atomic E-state index is 0. The molecule has 0 aliphatic rings. The summed E-state index contributed by atoms with van der Waals surface area (Å²) in [4.78, 5) is 0. The zero-order valence-electron chi connectivity index (χ0n) is 12.8. The molecule has 114 valence electrons. The minimum atomic E-state index is -1.90. The summed E-state index contributed by atoms with van der Waals surface area (Å²) in [6.45, 7) is 2.33. The molecule has 0 radical (unpaired) electrons. The van der Waals surface area contributed by atoms with Gasteiger partial charge in [0.25, 0.3) is 0 Å². The van der Waals surface area contributed by atoms with Crippen molar-refractivity contribution in [3.63, 3.8) is 0 Å². The summed E-state index contributed by atoms with van der Waals surface area (Å²) in [6, 6.07) is 33.1. The predicted octanol–water partition coefficient (Wildman–Crippen LogP) is 4.31. The molecule has 0 heterocycles. The average Bonchev–Trinajstić information content (AvgIpc) is 2.59. The van der Waals surface area contributed by atoms with Crippen molar-refractivity contribution in [1.29, 1.82) is 0 Å². The van der Waals surface area contributed by atoms with Gasteiger partial charge in [-0.25, -0.2) is 0 Å². The van der Waals surface area contributed by atoms with Gasteiger partial charge in [0.2, 0.25) is 0 Å². The van der Waals surface area contributed by atoms with Gasteiger partial charge < -0.3 is 0 Å². The normalized spacial score (nSPS) is 11.5. The molecule has 2 heteroatoms. The molecule has 0 spiro atoms. The van der Waals surface area contributed by atoms with Gasteiger partial charge in [-0.1, -0.05) is 0 Å². The average molecular weight is 373 g/mol. The van der Waals surface area contributed by atoms with E-state index in [-0.39, 0.29) is 17.0 Å². The molecule has 0 aromatic heterocycles. The Morgan fingerprint density at radius 1 is 0.545 bits per heavy atom. The third kappa shape index (κ3) is 3.02. The van der Waals surface area contributed by atoms with Crippen LogP contribution >= 0.6 is 24.2 Å². The van der Waals surface area contributed by atoms with E-state index in [1.807, 2.05) is 0 Å².